The molecule has 4 aromatic rings. The molecular formula is C24H21Cl2N3O. The number of hydrogen-bond acceptors (Lipinski definition) is 2. The molecule has 0 bridgehead atoms. The molecule has 4 rings (SSSR count). The molecule has 4 nitrogen and oxygen atoms in total. The van der Waals surface area contributed by atoms with Gasteiger partial charge in [0.2, 0.25) is 5.91 Å². The topological polar surface area (TPSA) is 38.1 Å². The van der Waals surface area contributed by atoms with Crippen molar-refractivity contribution in [3.05, 3.63) is 99.8 Å². The number of benzene rings is 3. The molecule has 0 atom stereocenters. The molecule has 3 aromatic carbocycles. The molecule has 0 radical (unpaired) electrons. The van der Waals surface area contributed by atoms with E-state index in [2.05, 4.69) is 0 Å². The second-order valence-corrected chi connectivity index (χ2v) is 8.08. The van der Waals surface area contributed by atoms with Gasteiger partial charge in [-0.1, -0.05) is 83.9 Å². The van der Waals surface area contributed by atoms with Crippen LogP contribution in [0.15, 0.2) is 72.8 Å². The number of carbonyl (C=O) groups is 1. The normalized spacial score (nSPS) is 11.0. The van der Waals surface area contributed by atoms with Crippen molar-refractivity contribution in [2.24, 2.45) is 0 Å². The van der Waals surface area contributed by atoms with Crippen molar-refractivity contribution >= 4 is 40.1 Å². The first kappa shape index (κ1) is 20.5. The first-order chi connectivity index (χ1) is 14.5. The van der Waals surface area contributed by atoms with Crippen LogP contribution in [0.1, 0.15) is 17.0 Å². The Labute approximate surface area is 185 Å². The SMILES string of the molecule is CN(Cc1ccccc1)C(=O)Cn1c(Cc2ccccc2)nc2cc(Cl)c(Cl)cc21. The fourth-order valence-electron chi connectivity index (χ4n) is 3.46. The van der Waals surface area contributed by atoms with Gasteiger partial charge in [-0.2, -0.15) is 0 Å². The molecule has 1 amide bonds. The van der Waals surface area contributed by atoms with E-state index in [1.165, 1.54) is 0 Å². The lowest BCUT2D eigenvalue weighted by Crippen LogP contribution is -2.30. The molecule has 30 heavy (non-hydrogen) atoms. The number of rotatable bonds is 6. The summed E-state index contributed by atoms with van der Waals surface area (Å²) in [6, 6.07) is 23.5. The zero-order valence-electron chi connectivity index (χ0n) is 16.6. The van der Waals surface area contributed by atoms with E-state index in [1.807, 2.05) is 72.3 Å². The van der Waals surface area contributed by atoms with Crippen LogP contribution in [0.3, 0.4) is 0 Å². The monoisotopic (exact) mass is 437 g/mol. The molecule has 6 heteroatoms. The van der Waals surface area contributed by atoms with Crippen LogP contribution in [0.4, 0.5) is 0 Å². The summed E-state index contributed by atoms with van der Waals surface area (Å²) >= 11 is 12.5. The van der Waals surface area contributed by atoms with Crippen molar-refractivity contribution < 1.29 is 4.79 Å². The van der Waals surface area contributed by atoms with Gasteiger partial charge in [-0.3, -0.25) is 4.79 Å². The van der Waals surface area contributed by atoms with Crippen LogP contribution in [0.5, 0.6) is 0 Å². The minimum Gasteiger partial charge on any atom is -0.340 e. The summed E-state index contributed by atoms with van der Waals surface area (Å²) in [4.78, 5) is 19.5. The maximum Gasteiger partial charge on any atom is 0.242 e. The van der Waals surface area contributed by atoms with Gasteiger partial charge in [0.05, 0.1) is 21.1 Å². The largest absolute Gasteiger partial charge is 0.340 e. The summed E-state index contributed by atoms with van der Waals surface area (Å²) in [7, 11) is 1.81. The number of fused-ring (bicyclic) bond motifs is 1. The standard InChI is InChI=1S/C24H21Cl2N3O/c1-28(15-18-10-6-3-7-11-18)24(30)16-29-22-14-20(26)19(25)13-21(22)27-23(29)12-17-8-4-2-5-9-17/h2-11,13-14H,12,15-16H2,1H3. The van der Waals surface area contributed by atoms with E-state index in [-0.39, 0.29) is 12.5 Å². The van der Waals surface area contributed by atoms with Crippen LogP contribution in [-0.4, -0.2) is 27.4 Å². The van der Waals surface area contributed by atoms with Gasteiger partial charge in [0.1, 0.15) is 12.4 Å². The van der Waals surface area contributed by atoms with Crippen LogP contribution < -0.4 is 0 Å². The van der Waals surface area contributed by atoms with Gasteiger partial charge in [-0.15, -0.1) is 0 Å². The highest BCUT2D eigenvalue weighted by Gasteiger charge is 2.18. The number of hydrogen-bond donors (Lipinski definition) is 0. The maximum absolute atomic E-state index is 13.0. The number of nitrogens with zero attached hydrogens (tertiary/aromatic N) is 3. The van der Waals surface area contributed by atoms with Crippen molar-refractivity contribution in [3.63, 3.8) is 0 Å². The number of imidazole rings is 1. The average Bonchev–Trinajstić information content (AvgIpc) is 3.05. The first-order valence-corrected chi connectivity index (χ1v) is 10.4. The highest BCUT2D eigenvalue weighted by Crippen LogP contribution is 2.29. The van der Waals surface area contributed by atoms with Gasteiger partial charge >= 0.3 is 0 Å². The van der Waals surface area contributed by atoms with E-state index in [1.54, 1.807) is 17.0 Å². The van der Waals surface area contributed by atoms with Crippen LogP contribution in [0.25, 0.3) is 11.0 Å². The molecule has 0 N–H and O–H groups in total. The lowest BCUT2D eigenvalue weighted by Gasteiger charge is -2.19. The fourth-order valence-corrected chi connectivity index (χ4v) is 3.78. The predicted molar refractivity (Wildman–Crippen MR) is 122 cm³/mol. The second kappa shape index (κ2) is 8.90. The average molecular weight is 438 g/mol. The minimum absolute atomic E-state index is 0.00135. The lowest BCUT2D eigenvalue weighted by atomic mass is 10.1. The highest BCUT2D eigenvalue weighted by atomic mass is 35.5. The molecule has 152 valence electrons. The van der Waals surface area contributed by atoms with Crippen LogP contribution in [-0.2, 0) is 24.3 Å². The van der Waals surface area contributed by atoms with E-state index in [0.29, 0.717) is 23.0 Å². The summed E-state index contributed by atoms with van der Waals surface area (Å²) in [6.07, 6.45) is 0.612. The second-order valence-electron chi connectivity index (χ2n) is 7.27. The smallest absolute Gasteiger partial charge is 0.242 e. The van der Waals surface area contributed by atoms with Gasteiger partial charge in [-0.05, 0) is 23.3 Å². The molecule has 0 saturated carbocycles. The van der Waals surface area contributed by atoms with Gasteiger partial charge in [-0.25, -0.2) is 4.98 Å². The number of amides is 1. The summed E-state index contributed by atoms with van der Waals surface area (Å²) in [5.74, 6) is 0.800. The number of halogens is 2. The number of aromatic nitrogens is 2. The molecule has 0 aliphatic rings. The Morgan fingerprint density at radius 3 is 2.20 bits per heavy atom. The van der Waals surface area contributed by atoms with Gasteiger partial charge in [0.25, 0.3) is 0 Å². The van der Waals surface area contributed by atoms with E-state index in [9.17, 15) is 4.79 Å². The summed E-state index contributed by atoms with van der Waals surface area (Å²) in [5.41, 5.74) is 3.74. The third-order valence-electron chi connectivity index (χ3n) is 5.06. The van der Waals surface area contributed by atoms with Crippen LogP contribution in [0, 0.1) is 0 Å². The minimum atomic E-state index is -0.00135. The molecule has 0 unspecified atom stereocenters. The Morgan fingerprint density at radius 1 is 0.933 bits per heavy atom. The molecule has 1 aromatic heterocycles. The maximum atomic E-state index is 13.0. The van der Waals surface area contributed by atoms with Crippen molar-refractivity contribution in [2.75, 3.05) is 7.05 Å². The predicted octanol–water partition coefficient (Wildman–Crippen LogP) is 5.59. The summed E-state index contributed by atoms with van der Waals surface area (Å²) in [6.45, 7) is 0.729. The molecule has 0 aliphatic carbocycles. The van der Waals surface area contributed by atoms with Crippen molar-refractivity contribution in [1.29, 1.82) is 0 Å². The Morgan fingerprint density at radius 2 is 1.53 bits per heavy atom. The van der Waals surface area contributed by atoms with E-state index < -0.39 is 0 Å². The molecular weight excluding hydrogens is 417 g/mol. The summed E-state index contributed by atoms with van der Waals surface area (Å²) < 4.78 is 1.94. The van der Waals surface area contributed by atoms with Crippen molar-refractivity contribution in [3.8, 4) is 0 Å². The van der Waals surface area contributed by atoms with E-state index in [4.69, 9.17) is 28.2 Å². The van der Waals surface area contributed by atoms with E-state index in [0.717, 1.165) is 28.0 Å². The van der Waals surface area contributed by atoms with Gasteiger partial charge < -0.3 is 9.47 Å². The third-order valence-corrected chi connectivity index (χ3v) is 5.78. The lowest BCUT2D eigenvalue weighted by molar-refractivity contribution is -0.131. The third kappa shape index (κ3) is 4.50. The Balaban J connectivity index is 1.66. The zero-order chi connectivity index (χ0) is 21.1. The summed E-state index contributed by atoms with van der Waals surface area (Å²) in [5, 5.41) is 0.897. The van der Waals surface area contributed by atoms with E-state index >= 15 is 0 Å². The molecule has 0 saturated heterocycles. The molecule has 0 fully saturated rings. The van der Waals surface area contributed by atoms with Gasteiger partial charge in [0.15, 0.2) is 0 Å². The molecule has 1 heterocycles. The molecule has 0 aliphatic heterocycles. The van der Waals surface area contributed by atoms with Crippen molar-refractivity contribution in [2.45, 2.75) is 19.5 Å². The van der Waals surface area contributed by atoms with Crippen molar-refractivity contribution in [1.82, 2.24) is 14.5 Å². The van der Waals surface area contributed by atoms with Crippen LogP contribution in [0.2, 0.25) is 10.0 Å². The highest BCUT2D eigenvalue weighted by molar-refractivity contribution is 6.42. The van der Waals surface area contributed by atoms with Crippen LogP contribution >= 0.6 is 23.2 Å². The number of carbonyl (C=O) groups excluding carboxylic acids is 1. The Kier molecular flexibility index (Phi) is 6.07. The fraction of sp³-hybridized carbons (Fsp3) is 0.167. The Bertz CT molecular complexity index is 1170. The quantitative estimate of drug-likeness (QED) is 0.394. The molecule has 0 spiro atoms. The number of likely N-dealkylation sites (N-methyl/N-ethyl adjacent to an activating group) is 1. The van der Waals surface area contributed by atoms with Gasteiger partial charge in [0, 0.05) is 20.0 Å². The first-order valence-electron chi connectivity index (χ1n) is 9.67. The Hall–Kier alpha value is -2.82. The zero-order valence-corrected chi connectivity index (χ0v) is 18.1.